The third-order valence-corrected chi connectivity index (χ3v) is 4.76. The number of nitrogens with one attached hydrogen (secondary N) is 1. The SMILES string of the molecule is Cc1cccc(C)c1NC(=O)CN(C)C(=O)c1cnc2ccccc2c1C(F)(F)F. The van der Waals surface area contributed by atoms with Gasteiger partial charge >= 0.3 is 6.18 Å². The van der Waals surface area contributed by atoms with Crippen LogP contribution in [0.4, 0.5) is 18.9 Å². The molecule has 3 aromatic rings. The minimum Gasteiger partial charge on any atom is -0.332 e. The lowest BCUT2D eigenvalue weighted by Gasteiger charge is -2.21. The van der Waals surface area contributed by atoms with Crippen LogP contribution in [0, 0.1) is 13.8 Å². The van der Waals surface area contributed by atoms with E-state index in [0.29, 0.717) is 5.69 Å². The lowest BCUT2D eigenvalue weighted by Crippen LogP contribution is -2.36. The predicted molar refractivity (Wildman–Crippen MR) is 108 cm³/mol. The maximum atomic E-state index is 13.8. The Morgan fingerprint density at radius 1 is 1.03 bits per heavy atom. The average Bonchev–Trinajstić information content (AvgIpc) is 2.68. The van der Waals surface area contributed by atoms with Crippen LogP contribution in [0.25, 0.3) is 10.9 Å². The molecule has 0 radical (unpaired) electrons. The molecular weight excluding hydrogens is 395 g/mol. The van der Waals surface area contributed by atoms with E-state index in [4.69, 9.17) is 0 Å². The summed E-state index contributed by atoms with van der Waals surface area (Å²) < 4.78 is 41.3. The van der Waals surface area contributed by atoms with Crippen LogP contribution in [0.3, 0.4) is 0 Å². The fraction of sp³-hybridized carbons (Fsp3) is 0.227. The second kappa shape index (κ2) is 8.14. The van der Waals surface area contributed by atoms with Gasteiger partial charge in [0.15, 0.2) is 0 Å². The normalized spacial score (nSPS) is 11.4. The van der Waals surface area contributed by atoms with Gasteiger partial charge in [0.25, 0.3) is 5.91 Å². The molecule has 0 saturated heterocycles. The number of benzene rings is 2. The molecule has 1 aromatic heterocycles. The maximum Gasteiger partial charge on any atom is 0.417 e. The van der Waals surface area contributed by atoms with E-state index in [1.807, 2.05) is 32.0 Å². The lowest BCUT2D eigenvalue weighted by atomic mass is 10.0. The fourth-order valence-electron chi connectivity index (χ4n) is 3.29. The van der Waals surface area contributed by atoms with Crippen molar-refractivity contribution >= 4 is 28.4 Å². The first-order valence-electron chi connectivity index (χ1n) is 9.16. The minimum atomic E-state index is -4.76. The van der Waals surface area contributed by atoms with Crippen LogP contribution in [0.1, 0.15) is 27.0 Å². The monoisotopic (exact) mass is 415 g/mol. The molecule has 5 nitrogen and oxygen atoms in total. The average molecular weight is 415 g/mol. The number of alkyl halides is 3. The first kappa shape index (κ1) is 21.3. The molecule has 0 spiro atoms. The van der Waals surface area contributed by atoms with Crippen LogP contribution in [-0.4, -0.2) is 35.3 Å². The van der Waals surface area contributed by atoms with Crippen molar-refractivity contribution in [2.45, 2.75) is 20.0 Å². The number of likely N-dealkylation sites (N-methyl/N-ethyl adjacent to an activating group) is 1. The summed E-state index contributed by atoms with van der Waals surface area (Å²) in [5.74, 6) is -1.44. The van der Waals surface area contributed by atoms with Crippen LogP contribution < -0.4 is 5.32 Å². The number of nitrogens with zero attached hydrogens (tertiary/aromatic N) is 2. The van der Waals surface area contributed by atoms with E-state index in [9.17, 15) is 22.8 Å². The maximum absolute atomic E-state index is 13.8. The number of rotatable bonds is 4. The molecule has 0 aliphatic heterocycles. The Labute approximate surface area is 171 Å². The zero-order valence-electron chi connectivity index (χ0n) is 16.7. The Bertz CT molecular complexity index is 1110. The number of para-hydroxylation sites is 2. The number of aromatic nitrogens is 1. The van der Waals surface area contributed by atoms with Crippen LogP contribution in [0.5, 0.6) is 0 Å². The van der Waals surface area contributed by atoms with Crippen molar-refractivity contribution in [1.82, 2.24) is 9.88 Å². The van der Waals surface area contributed by atoms with E-state index >= 15 is 0 Å². The van der Waals surface area contributed by atoms with Crippen molar-refractivity contribution in [3.05, 3.63) is 70.9 Å². The number of aryl methyl sites for hydroxylation is 2. The highest BCUT2D eigenvalue weighted by molar-refractivity contribution is 6.03. The third kappa shape index (κ3) is 4.27. The van der Waals surface area contributed by atoms with E-state index in [-0.39, 0.29) is 10.9 Å². The van der Waals surface area contributed by atoms with Gasteiger partial charge in [-0.3, -0.25) is 14.6 Å². The molecule has 1 N–H and O–H groups in total. The van der Waals surface area contributed by atoms with Crippen LogP contribution in [-0.2, 0) is 11.0 Å². The van der Waals surface area contributed by atoms with Gasteiger partial charge in [-0.05, 0) is 31.0 Å². The number of hydrogen-bond acceptors (Lipinski definition) is 3. The summed E-state index contributed by atoms with van der Waals surface area (Å²) >= 11 is 0. The van der Waals surface area contributed by atoms with Gasteiger partial charge in [-0.1, -0.05) is 36.4 Å². The van der Waals surface area contributed by atoms with E-state index in [0.717, 1.165) is 22.2 Å². The van der Waals surface area contributed by atoms with Crippen LogP contribution >= 0.6 is 0 Å². The number of amides is 2. The highest BCUT2D eigenvalue weighted by Crippen LogP contribution is 2.37. The van der Waals surface area contributed by atoms with Crippen molar-refractivity contribution in [2.24, 2.45) is 0 Å². The van der Waals surface area contributed by atoms with Gasteiger partial charge < -0.3 is 10.2 Å². The zero-order chi connectivity index (χ0) is 22.1. The van der Waals surface area contributed by atoms with Crippen molar-refractivity contribution in [1.29, 1.82) is 0 Å². The fourth-order valence-corrected chi connectivity index (χ4v) is 3.29. The Hall–Kier alpha value is -3.42. The molecule has 0 bridgehead atoms. The largest absolute Gasteiger partial charge is 0.417 e. The number of pyridine rings is 1. The van der Waals surface area contributed by atoms with Gasteiger partial charge in [-0.15, -0.1) is 0 Å². The third-order valence-electron chi connectivity index (χ3n) is 4.76. The zero-order valence-corrected chi connectivity index (χ0v) is 16.7. The predicted octanol–water partition coefficient (Wildman–Crippen LogP) is 4.58. The van der Waals surface area contributed by atoms with Crippen molar-refractivity contribution in [2.75, 3.05) is 18.9 Å². The Kier molecular flexibility index (Phi) is 5.78. The van der Waals surface area contributed by atoms with Gasteiger partial charge in [0.05, 0.1) is 23.2 Å². The number of fused-ring (bicyclic) bond motifs is 1. The number of carbonyl (C=O) groups excluding carboxylic acids is 2. The molecule has 0 saturated carbocycles. The van der Waals surface area contributed by atoms with E-state index in [1.165, 1.54) is 25.2 Å². The van der Waals surface area contributed by atoms with Crippen molar-refractivity contribution in [3.8, 4) is 0 Å². The molecular formula is C22H20F3N3O2. The first-order valence-corrected chi connectivity index (χ1v) is 9.16. The van der Waals surface area contributed by atoms with Gasteiger partial charge in [0.2, 0.25) is 5.91 Å². The molecule has 3 rings (SSSR count). The Balaban J connectivity index is 1.87. The molecule has 2 amide bonds. The molecule has 1 heterocycles. The van der Waals surface area contributed by atoms with Crippen LogP contribution in [0.15, 0.2) is 48.7 Å². The summed E-state index contributed by atoms with van der Waals surface area (Å²) in [6.45, 7) is 3.25. The molecule has 156 valence electrons. The van der Waals surface area contributed by atoms with Gasteiger partial charge in [-0.25, -0.2) is 0 Å². The topological polar surface area (TPSA) is 62.3 Å². The molecule has 0 unspecified atom stereocenters. The van der Waals surface area contributed by atoms with Crippen LogP contribution in [0.2, 0.25) is 0 Å². The molecule has 0 aliphatic carbocycles. The van der Waals surface area contributed by atoms with Gasteiger partial charge in [0.1, 0.15) is 0 Å². The molecule has 8 heteroatoms. The van der Waals surface area contributed by atoms with Gasteiger partial charge in [-0.2, -0.15) is 13.2 Å². The smallest absolute Gasteiger partial charge is 0.332 e. The Morgan fingerprint density at radius 3 is 2.30 bits per heavy atom. The second-order valence-electron chi connectivity index (χ2n) is 7.04. The Morgan fingerprint density at radius 2 is 1.67 bits per heavy atom. The van der Waals surface area contributed by atoms with Gasteiger partial charge in [0, 0.05) is 24.3 Å². The summed E-state index contributed by atoms with van der Waals surface area (Å²) in [7, 11) is 1.28. The van der Waals surface area contributed by atoms with E-state index in [2.05, 4.69) is 10.3 Å². The van der Waals surface area contributed by atoms with E-state index in [1.54, 1.807) is 6.07 Å². The molecule has 0 aliphatic rings. The molecule has 0 fully saturated rings. The first-order chi connectivity index (χ1) is 14.1. The summed E-state index contributed by atoms with van der Waals surface area (Å²) in [5, 5.41) is 2.56. The molecule has 30 heavy (non-hydrogen) atoms. The quantitative estimate of drug-likeness (QED) is 0.679. The molecule has 0 atom stereocenters. The van der Waals surface area contributed by atoms with Crippen molar-refractivity contribution in [3.63, 3.8) is 0 Å². The summed E-state index contributed by atoms with van der Waals surface area (Å²) in [6, 6.07) is 11.2. The lowest BCUT2D eigenvalue weighted by molar-refractivity contribution is -0.136. The van der Waals surface area contributed by atoms with Crippen molar-refractivity contribution < 1.29 is 22.8 Å². The standard InChI is InChI=1S/C22H20F3N3O2/c1-13-7-6-8-14(2)20(13)27-18(29)12-28(3)21(30)16-11-26-17-10-5-4-9-15(17)19(16)22(23,24)25/h4-11H,12H2,1-3H3,(H,27,29). The number of halogens is 3. The number of carbonyl (C=O) groups is 2. The highest BCUT2D eigenvalue weighted by Gasteiger charge is 2.38. The number of anilines is 1. The highest BCUT2D eigenvalue weighted by atomic mass is 19.4. The summed E-state index contributed by atoms with van der Waals surface area (Å²) in [4.78, 5) is 30.1. The summed E-state index contributed by atoms with van der Waals surface area (Å²) in [6.07, 6.45) is -3.84. The summed E-state index contributed by atoms with van der Waals surface area (Å²) in [5.41, 5.74) is 0.790. The number of hydrogen-bond donors (Lipinski definition) is 1. The molecule has 2 aromatic carbocycles. The van der Waals surface area contributed by atoms with E-state index < -0.39 is 35.7 Å². The minimum absolute atomic E-state index is 0.136. The second-order valence-corrected chi connectivity index (χ2v) is 7.04.